The van der Waals surface area contributed by atoms with E-state index in [0.717, 1.165) is 29.1 Å². The van der Waals surface area contributed by atoms with Crippen LogP contribution < -0.4 is 5.11 Å². The minimum atomic E-state index is -1.21. The zero-order valence-corrected chi connectivity index (χ0v) is 16.0. The van der Waals surface area contributed by atoms with Crippen molar-refractivity contribution in [2.24, 2.45) is 0 Å². The Morgan fingerprint density at radius 1 is 1.30 bits per heavy atom. The number of carbonyl (C=O) groups is 2. The summed E-state index contributed by atoms with van der Waals surface area (Å²) in [6.07, 6.45) is 1.77. The van der Waals surface area contributed by atoms with Gasteiger partial charge in [-0.15, -0.1) is 11.3 Å². The van der Waals surface area contributed by atoms with Gasteiger partial charge in [0.25, 0.3) is 5.91 Å². The summed E-state index contributed by atoms with van der Waals surface area (Å²) in [4.78, 5) is 31.5. The van der Waals surface area contributed by atoms with E-state index in [1.54, 1.807) is 18.2 Å². The Bertz CT molecular complexity index is 1010. The minimum Gasteiger partial charge on any atom is -0.545 e. The molecule has 0 saturated carbocycles. The maximum Gasteiger partial charge on any atom is 0.264 e. The number of imidazole rings is 1. The molecule has 1 aliphatic heterocycles. The van der Waals surface area contributed by atoms with Crippen molar-refractivity contribution in [1.29, 1.82) is 0 Å². The molecule has 27 heavy (non-hydrogen) atoms. The minimum absolute atomic E-state index is 0.0327. The topological polar surface area (TPSA) is 78.3 Å². The van der Waals surface area contributed by atoms with Crippen molar-refractivity contribution in [2.75, 3.05) is 6.54 Å². The number of aromatic nitrogens is 2. The number of amides is 1. The van der Waals surface area contributed by atoms with Gasteiger partial charge in [-0.05, 0) is 55.8 Å². The molecule has 1 aromatic carbocycles. The molecule has 0 aliphatic carbocycles. The molecular weight excluding hydrogens is 362 g/mol. The highest BCUT2D eigenvalue weighted by Gasteiger charge is 2.35. The zero-order chi connectivity index (χ0) is 19.1. The van der Waals surface area contributed by atoms with Gasteiger partial charge in [-0.2, -0.15) is 0 Å². The van der Waals surface area contributed by atoms with Crippen molar-refractivity contribution in [3.8, 4) is 0 Å². The Labute approximate surface area is 161 Å². The second-order valence-corrected chi connectivity index (χ2v) is 8.01. The van der Waals surface area contributed by atoms with Crippen molar-refractivity contribution in [3.05, 3.63) is 52.0 Å². The second-order valence-electron chi connectivity index (χ2n) is 7.06. The molecule has 0 spiro atoms. The average Bonchev–Trinajstić information content (AvgIpc) is 3.37. The van der Waals surface area contributed by atoms with Crippen LogP contribution in [0.1, 0.15) is 64.6 Å². The van der Waals surface area contributed by atoms with E-state index in [2.05, 4.69) is 18.4 Å². The summed E-state index contributed by atoms with van der Waals surface area (Å²) in [5.41, 5.74) is 1.61. The summed E-state index contributed by atoms with van der Waals surface area (Å²) in [6.45, 7) is 4.84. The summed E-state index contributed by atoms with van der Waals surface area (Å²) in [5.74, 6) is -0.365. The number of carbonyl (C=O) groups excluding carboxylic acids is 2. The van der Waals surface area contributed by atoms with Crippen LogP contribution in [0.4, 0.5) is 0 Å². The molecule has 1 fully saturated rings. The number of carboxylic acid groups (broad SMARTS) is 1. The molecule has 0 bridgehead atoms. The molecule has 0 unspecified atom stereocenters. The third-order valence-corrected chi connectivity index (χ3v) is 5.87. The van der Waals surface area contributed by atoms with E-state index in [0.29, 0.717) is 12.1 Å². The van der Waals surface area contributed by atoms with Crippen molar-refractivity contribution in [3.63, 3.8) is 0 Å². The van der Waals surface area contributed by atoms with Gasteiger partial charge in [0.15, 0.2) is 0 Å². The van der Waals surface area contributed by atoms with E-state index >= 15 is 0 Å². The lowest BCUT2D eigenvalue weighted by Crippen LogP contribution is -2.31. The number of carboxylic acids is 1. The van der Waals surface area contributed by atoms with Crippen LogP contribution in [0.5, 0.6) is 0 Å². The fraction of sp³-hybridized carbons (Fsp3) is 0.350. The lowest BCUT2D eigenvalue weighted by atomic mass is 10.2. The second kappa shape index (κ2) is 6.81. The summed E-state index contributed by atoms with van der Waals surface area (Å²) >= 11 is 1.45. The van der Waals surface area contributed by atoms with E-state index in [4.69, 9.17) is 4.98 Å². The molecule has 4 rings (SSSR count). The molecule has 3 heterocycles. The first kappa shape index (κ1) is 17.7. The van der Waals surface area contributed by atoms with Gasteiger partial charge in [-0.1, -0.05) is 12.1 Å². The van der Waals surface area contributed by atoms with Gasteiger partial charge >= 0.3 is 0 Å². The predicted molar refractivity (Wildman–Crippen MR) is 102 cm³/mol. The molecule has 0 radical (unpaired) electrons. The maximum absolute atomic E-state index is 12.9. The van der Waals surface area contributed by atoms with Crippen LogP contribution in [0.3, 0.4) is 0 Å². The molecule has 1 atom stereocenters. The first-order valence-corrected chi connectivity index (χ1v) is 9.93. The van der Waals surface area contributed by atoms with Gasteiger partial charge < -0.3 is 19.4 Å². The molecule has 0 N–H and O–H groups in total. The van der Waals surface area contributed by atoms with Crippen LogP contribution in [-0.4, -0.2) is 32.9 Å². The van der Waals surface area contributed by atoms with Gasteiger partial charge in [0.1, 0.15) is 5.82 Å². The molecule has 2 aromatic heterocycles. The average molecular weight is 382 g/mol. The lowest BCUT2D eigenvalue weighted by Gasteiger charge is -2.26. The van der Waals surface area contributed by atoms with Crippen molar-refractivity contribution in [1.82, 2.24) is 14.5 Å². The largest absolute Gasteiger partial charge is 0.545 e. The van der Waals surface area contributed by atoms with Gasteiger partial charge in [0.2, 0.25) is 0 Å². The Balaban J connectivity index is 1.80. The highest BCUT2D eigenvalue weighted by molar-refractivity contribution is 7.12. The van der Waals surface area contributed by atoms with Gasteiger partial charge in [0, 0.05) is 12.6 Å². The highest BCUT2D eigenvalue weighted by Crippen LogP contribution is 2.36. The Kier molecular flexibility index (Phi) is 4.47. The van der Waals surface area contributed by atoms with E-state index in [1.165, 1.54) is 11.3 Å². The number of aromatic carboxylic acids is 1. The summed E-state index contributed by atoms with van der Waals surface area (Å²) < 4.78 is 2.11. The number of hydrogen-bond acceptors (Lipinski definition) is 5. The summed E-state index contributed by atoms with van der Waals surface area (Å²) in [6, 6.07) is 8.63. The maximum atomic E-state index is 12.9. The van der Waals surface area contributed by atoms with Crippen molar-refractivity contribution < 1.29 is 14.7 Å². The van der Waals surface area contributed by atoms with Crippen molar-refractivity contribution >= 4 is 34.2 Å². The number of rotatable bonds is 4. The fourth-order valence-corrected chi connectivity index (χ4v) is 4.52. The van der Waals surface area contributed by atoms with E-state index in [1.807, 2.05) is 22.4 Å². The summed E-state index contributed by atoms with van der Waals surface area (Å²) in [7, 11) is 0. The Morgan fingerprint density at radius 2 is 2.11 bits per heavy atom. The van der Waals surface area contributed by atoms with Gasteiger partial charge in [0.05, 0.1) is 27.9 Å². The van der Waals surface area contributed by atoms with Gasteiger partial charge in [-0.25, -0.2) is 4.98 Å². The normalized spacial score (nSPS) is 17.1. The molecule has 3 aromatic rings. The molecular formula is C20H20N3O3S-. The third-order valence-electron chi connectivity index (χ3n) is 5.01. The van der Waals surface area contributed by atoms with E-state index < -0.39 is 5.97 Å². The number of likely N-dealkylation sites (tertiary alicyclic amines) is 1. The van der Waals surface area contributed by atoms with Crippen LogP contribution in [0.2, 0.25) is 0 Å². The fourth-order valence-electron chi connectivity index (χ4n) is 3.84. The standard InChI is InChI=1S/C20H21N3O3S/c1-12(2)23-15-8-7-13(20(25)26)11-14(15)21-18(23)16-5-3-9-22(16)19(24)17-6-4-10-27-17/h4,6-8,10-12,16H,3,5,9H2,1-2H3,(H,25,26)/p-1/t16-/m0/s1. The molecule has 140 valence electrons. The molecule has 6 nitrogen and oxygen atoms in total. The number of thiophene rings is 1. The lowest BCUT2D eigenvalue weighted by molar-refractivity contribution is -0.255. The number of benzene rings is 1. The number of nitrogens with zero attached hydrogens (tertiary/aromatic N) is 3. The molecule has 7 heteroatoms. The first-order valence-electron chi connectivity index (χ1n) is 9.05. The summed E-state index contributed by atoms with van der Waals surface area (Å²) in [5, 5.41) is 13.1. The molecule has 1 saturated heterocycles. The van der Waals surface area contributed by atoms with Crippen molar-refractivity contribution in [2.45, 2.75) is 38.8 Å². The number of hydrogen-bond donors (Lipinski definition) is 0. The zero-order valence-electron chi connectivity index (χ0n) is 15.2. The van der Waals surface area contributed by atoms with Crippen LogP contribution >= 0.6 is 11.3 Å². The monoisotopic (exact) mass is 382 g/mol. The molecule has 1 amide bonds. The van der Waals surface area contributed by atoms with Crippen LogP contribution in [0, 0.1) is 0 Å². The van der Waals surface area contributed by atoms with Crippen LogP contribution in [0.25, 0.3) is 11.0 Å². The Hall–Kier alpha value is -2.67. The van der Waals surface area contributed by atoms with E-state index in [-0.39, 0.29) is 23.6 Å². The smallest absolute Gasteiger partial charge is 0.264 e. The van der Waals surface area contributed by atoms with Crippen LogP contribution in [0.15, 0.2) is 35.7 Å². The Morgan fingerprint density at radius 3 is 2.78 bits per heavy atom. The first-order chi connectivity index (χ1) is 13.0. The van der Waals surface area contributed by atoms with Gasteiger partial charge in [-0.3, -0.25) is 4.79 Å². The quantitative estimate of drug-likeness (QED) is 0.695. The predicted octanol–water partition coefficient (Wildman–Crippen LogP) is 3.02. The van der Waals surface area contributed by atoms with E-state index in [9.17, 15) is 14.7 Å². The SMILES string of the molecule is CC(C)n1c([C@@H]2CCCN2C(=O)c2cccs2)nc2cc(C(=O)[O-])ccc21. The number of fused-ring (bicyclic) bond motifs is 1. The molecule has 1 aliphatic rings. The highest BCUT2D eigenvalue weighted by atomic mass is 32.1. The third kappa shape index (κ3) is 3.02. The van der Waals surface area contributed by atoms with Crippen LogP contribution in [-0.2, 0) is 0 Å².